The van der Waals surface area contributed by atoms with Gasteiger partial charge in [0.1, 0.15) is 0 Å². The lowest BCUT2D eigenvalue weighted by atomic mass is 9.96. The molecular formula is C16H21BrN2O3. The normalized spacial score (nSPS) is 17.8. The molecule has 1 unspecified atom stereocenters. The molecule has 0 saturated carbocycles. The van der Waals surface area contributed by atoms with Gasteiger partial charge in [-0.25, -0.2) is 0 Å². The molecule has 120 valence electrons. The lowest BCUT2D eigenvalue weighted by molar-refractivity contribution is -0.147. The van der Waals surface area contributed by atoms with Gasteiger partial charge in [0.25, 0.3) is 0 Å². The zero-order valence-corrected chi connectivity index (χ0v) is 14.4. The van der Waals surface area contributed by atoms with Crippen LogP contribution in [0.5, 0.6) is 0 Å². The van der Waals surface area contributed by atoms with Gasteiger partial charge in [-0.2, -0.15) is 0 Å². The van der Waals surface area contributed by atoms with Crippen LogP contribution in [0.1, 0.15) is 19.8 Å². The molecule has 0 aliphatic carbocycles. The largest absolute Gasteiger partial charge is 0.469 e. The third-order valence-electron chi connectivity index (χ3n) is 4.08. The van der Waals surface area contributed by atoms with Crippen LogP contribution in [0.2, 0.25) is 0 Å². The number of benzene rings is 1. The van der Waals surface area contributed by atoms with Gasteiger partial charge in [-0.15, -0.1) is 0 Å². The molecule has 2 rings (SSSR count). The molecule has 1 N–H and O–H groups in total. The van der Waals surface area contributed by atoms with E-state index in [1.807, 2.05) is 31.2 Å². The van der Waals surface area contributed by atoms with Crippen molar-refractivity contribution in [2.45, 2.75) is 25.8 Å². The minimum absolute atomic E-state index is 0.0328. The van der Waals surface area contributed by atoms with Crippen molar-refractivity contribution in [1.82, 2.24) is 4.90 Å². The van der Waals surface area contributed by atoms with E-state index in [-0.39, 0.29) is 23.8 Å². The van der Waals surface area contributed by atoms with Crippen molar-refractivity contribution in [2.75, 3.05) is 25.5 Å². The average Bonchev–Trinajstić information content (AvgIpc) is 2.53. The van der Waals surface area contributed by atoms with E-state index >= 15 is 0 Å². The number of esters is 1. The number of anilines is 1. The number of piperidine rings is 1. The zero-order chi connectivity index (χ0) is 16.1. The number of nitrogens with one attached hydrogen (secondary N) is 1. The number of methoxy groups -OCH3 is 1. The van der Waals surface area contributed by atoms with E-state index in [0.29, 0.717) is 0 Å². The van der Waals surface area contributed by atoms with Crippen LogP contribution >= 0.6 is 15.9 Å². The van der Waals surface area contributed by atoms with E-state index in [1.54, 1.807) is 0 Å². The minimum atomic E-state index is -0.224. The lowest BCUT2D eigenvalue weighted by Crippen LogP contribution is -2.47. The van der Waals surface area contributed by atoms with Gasteiger partial charge in [-0.05, 0) is 51.1 Å². The second-order valence-electron chi connectivity index (χ2n) is 5.51. The minimum Gasteiger partial charge on any atom is -0.469 e. The summed E-state index contributed by atoms with van der Waals surface area (Å²) in [6.45, 7) is 3.35. The quantitative estimate of drug-likeness (QED) is 0.830. The second kappa shape index (κ2) is 7.74. The van der Waals surface area contributed by atoms with Crippen molar-refractivity contribution in [2.24, 2.45) is 5.92 Å². The Balaban J connectivity index is 1.88. The molecule has 5 nitrogen and oxygen atoms in total. The van der Waals surface area contributed by atoms with Crippen molar-refractivity contribution < 1.29 is 14.3 Å². The maximum Gasteiger partial charge on any atom is 0.308 e. The summed E-state index contributed by atoms with van der Waals surface area (Å²) in [5, 5.41) is 2.92. The summed E-state index contributed by atoms with van der Waals surface area (Å²) in [6, 6.07) is 7.30. The zero-order valence-electron chi connectivity index (χ0n) is 12.8. The summed E-state index contributed by atoms with van der Waals surface area (Å²) in [5.74, 6) is -0.220. The first-order valence-electron chi connectivity index (χ1n) is 7.39. The van der Waals surface area contributed by atoms with E-state index in [1.165, 1.54) is 7.11 Å². The fourth-order valence-corrected chi connectivity index (χ4v) is 3.07. The van der Waals surface area contributed by atoms with Gasteiger partial charge in [0.15, 0.2) is 0 Å². The van der Waals surface area contributed by atoms with Crippen molar-refractivity contribution in [3.05, 3.63) is 28.7 Å². The van der Waals surface area contributed by atoms with Crippen molar-refractivity contribution >= 4 is 33.5 Å². The number of halogens is 1. The summed E-state index contributed by atoms with van der Waals surface area (Å²) in [5.41, 5.74) is 0.774. The number of carbonyl (C=O) groups excluding carboxylic acids is 2. The Labute approximate surface area is 139 Å². The molecule has 1 heterocycles. The van der Waals surface area contributed by atoms with Crippen molar-refractivity contribution in [3.8, 4) is 0 Å². The molecule has 1 aromatic rings. The molecule has 0 aromatic heterocycles. The number of carbonyl (C=O) groups is 2. The molecule has 0 spiro atoms. The molecule has 0 bridgehead atoms. The summed E-state index contributed by atoms with van der Waals surface area (Å²) in [7, 11) is 1.42. The molecule has 1 saturated heterocycles. The predicted octanol–water partition coefficient (Wildman–Crippen LogP) is 2.66. The molecule has 1 amide bonds. The molecular weight excluding hydrogens is 348 g/mol. The highest BCUT2D eigenvalue weighted by molar-refractivity contribution is 9.10. The van der Waals surface area contributed by atoms with E-state index in [2.05, 4.69) is 26.1 Å². The molecule has 0 radical (unpaired) electrons. The van der Waals surface area contributed by atoms with Crippen LogP contribution in [-0.4, -0.2) is 43.0 Å². The van der Waals surface area contributed by atoms with Gasteiger partial charge >= 0.3 is 5.97 Å². The third kappa shape index (κ3) is 4.30. The molecule has 1 fully saturated rings. The Kier molecular flexibility index (Phi) is 5.97. The van der Waals surface area contributed by atoms with Crippen molar-refractivity contribution in [3.63, 3.8) is 0 Å². The SMILES string of the molecule is COC(=O)C1CCN(C(C)C(=O)Nc2cccc(Br)c2)CC1. The average molecular weight is 369 g/mol. The molecule has 22 heavy (non-hydrogen) atoms. The standard InChI is InChI=1S/C16H21BrN2O3/c1-11(15(20)18-14-5-3-4-13(17)10-14)19-8-6-12(7-9-19)16(21)22-2/h3-5,10-12H,6-9H2,1-2H3,(H,18,20). The fourth-order valence-electron chi connectivity index (χ4n) is 2.67. The summed E-state index contributed by atoms with van der Waals surface area (Å²) in [4.78, 5) is 26.0. The molecule has 6 heteroatoms. The van der Waals surface area contributed by atoms with Crippen LogP contribution < -0.4 is 5.32 Å². The Morgan fingerprint density at radius 1 is 1.36 bits per heavy atom. The van der Waals surface area contributed by atoms with Crippen LogP contribution in [0.3, 0.4) is 0 Å². The predicted molar refractivity (Wildman–Crippen MR) is 88.5 cm³/mol. The summed E-state index contributed by atoms with van der Waals surface area (Å²) in [6.07, 6.45) is 1.47. The van der Waals surface area contributed by atoms with Gasteiger partial charge in [-0.1, -0.05) is 22.0 Å². The number of amides is 1. The van der Waals surface area contributed by atoms with E-state index in [4.69, 9.17) is 4.74 Å². The van der Waals surface area contributed by atoms with Crippen LogP contribution in [0.25, 0.3) is 0 Å². The number of nitrogens with zero attached hydrogens (tertiary/aromatic N) is 1. The van der Waals surface area contributed by atoms with Crippen LogP contribution in [0.15, 0.2) is 28.7 Å². The van der Waals surface area contributed by atoms with Gasteiger partial charge in [-0.3, -0.25) is 14.5 Å². The Hall–Kier alpha value is -1.40. The summed E-state index contributed by atoms with van der Waals surface area (Å²) >= 11 is 3.39. The molecule has 1 aliphatic heterocycles. The lowest BCUT2D eigenvalue weighted by Gasteiger charge is -2.34. The molecule has 1 aliphatic rings. The number of hydrogen-bond acceptors (Lipinski definition) is 4. The second-order valence-corrected chi connectivity index (χ2v) is 6.42. The maximum absolute atomic E-state index is 12.3. The van der Waals surface area contributed by atoms with Gasteiger partial charge in [0.2, 0.25) is 5.91 Å². The van der Waals surface area contributed by atoms with Crippen molar-refractivity contribution in [1.29, 1.82) is 0 Å². The topological polar surface area (TPSA) is 58.6 Å². The highest BCUT2D eigenvalue weighted by Crippen LogP contribution is 2.21. The Morgan fingerprint density at radius 3 is 2.64 bits per heavy atom. The molecule has 1 aromatic carbocycles. The van der Waals surface area contributed by atoms with Gasteiger partial charge < -0.3 is 10.1 Å². The van der Waals surface area contributed by atoms with E-state index < -0.39 is 0 Å². The first-order chi connectivity index (χ1) is 10.5. The van der Waals surface area contributed by atoms with E-state index in [9.17, 15) is 9.59 Å². The first kappa shape index (κ1) is 17.0. The van der Waals surface area contributed by atoms with Gasteiger partial charge in [0, 0.05) is 10.2 Å². The highest BCUT2D eigenvalue weighted by Gasteiger charge is 2.30. The smallest absolute Gasteiger partial charge is 0.308 e. The monoisotopic (exact) mass is 368 g/mol. The fraction of sp³-hybridized carbons (Fsp3) is 0.500. The molecule has 1 atom stereocenters. The maximum atomic E-state index is 12.3. The highest BCUT2D eigenvalue weighted by atomic mass is 79.9. The Bertz CT molecular complexity index is 542. The van der Waals surface area contributed by atoms with Crippen LogP contribution in [0.4, 0.5) is 5.69 Å². The first-order valence-corrected chi connectivity index (χ1v) is 8.19. The van der Waals surface area contributed by atoms with Crippen LogP contribution in [-0.2, 0) is 14.3 Å². The number of rotatable bonds is 4. The number of ether oxygens (including phenoxy) is 1. The third-order valence-corrected chi connectivity index (χ3v) is 4.58. The summed E-state index contributed by atoms with van der Waals surface area (Å²) < 4.78 is 5.71. The number of hydrogen-bond donors (Lipinski definition) is 1. The Morgan fingerprint density at radius 2 is 2.05 bits per heavy atom. The van der Waals surface area contributed by atoms with E-state index in [0.717, 1.165) is 36.1 Å². The van der Waals surface area contributed by atoms with Crippen LogP contribution in [0, 0.1) is 5.92 Å². The number of likely N-dealkylation sites (tertiary alicyclic amines) is 1. The van der Waals surface area contributed by atoms with Gasteiger partial charge in [0.05, 0.1) is 19.1 Å².